The lowest BCUT2D eigenvalue weighted by molar-refractivity contribution is 0.0924. The normalized spacial score (nSPS) is 22.2. The molecule has 1 amide bonds. The first-order valence-electron chi connectivity index (χ1n) is 6.77. The second kappa shape index (κ2) is 6.45. The number of hydrogen-bond acceptors (Lipinski definition) is 5. The largest absolute Gasteiger partial charge is 0.349 e. The summed E-state index contributed by atoms with van der Waals surface area (Å²) in [6.45, 7) is 3.68. The zero-order chi connectivity index (χ0) is 13.8. The highest BCUT2D eigenvalue weighted by Crippen LogP contribution is 2.16. The summed E-state index contributed by atoms with van der Waals surface area (Å²) in [6.07, 6.45) is 3.65. The van der Waals surface area contributed by atoms with E-state index >= 15 is 0 Å². The van der Waals surface area contributed by atoms with Crippen LogP contribution < -0.4 is 11.1 Å². The van der Waals surface area contributed by atoms with Gasteiger partial charge in [0.15, 0.2) is 0 Å². The number of piperidine rings is 1. The van der Waals surface area contributed by atoms with Crippen molar-refractivity contribution in [3.63, 3.8) is 0 Å². The highest BCUT2D eigenvalue weighted by Gasteiger charge is 2.20. The van der Waals surface area contributed by atoms with E-state index in [1.54, 1.807) is 5.38 Å². The monoisotopic (exact) mass is 282 g/mol. The predicted octanol–water partition coefficient (Wildman–Crippen LogP) is 1.38. The first-order valence-corrected chi connectivity index (χ1v) is 7.65. The first-order chi connectivity index (χ1) is 9.08. The summed E-state index contributed by atoms with van der Waals surface area (Å²) in [5.41, 5.74) is 6.23. The standard InChI is InChI=1S/C13H22N4OS/c1-9(14)13-16-11(8-19-13)12(18)15-7-10-5-3-4-6-17(10)2/h8-10H,3-7,14H2,1-2H3,(H,15,18). The van der Waals surface area contributed by atoms with Crippen LogP contribution in [0.3, 0.4) is 0 Å². The number of hydrogen-bond donors (Lipinski definition) is 2. The van der Waals surface area contributed by atoms with E-state index in [0.29, 0.717) is 18.3 Å². The van der Waals surface area contributed by atoms with Gasteiger partial charge in [-0.25, -0.2) is 4.98 Å². The van der Waals surface area contributed by atoms with E-state index < -0.39 is 0 Å². The van der Waals surface area contributed by atoms with Crippen molar-refractivity contribution in [2.45, 2.75) is 38.3 Å². The van der Waals surface area contributed by atoms with E-state index in [4.69, 9.17) is 5.73 Å². The van der Waals surface area contributed by atoms with Gasteiger partial charge >= 0.3 is 0 Å². The summed E-state index contributed by atoms with van der Waals surface area (Å²) in [4.78, 5) is 18.6. The molecule has 1 fully saturated rings. The molecule has 19 heavy (non-hydrogen) atoms. The van der Waals surface area contributed by atoms with Crippen molar-refractivity contribution in [3.8, 4) is 0 Å². The molecule has 2 rings (SSSR count). The molecule has 106 valence electrons. The molecule has 0 aromatic carbocycles. The number of aromatic nitrogens is 1. The zero-order valence-corrected chi connectivity index (χ0v) is 12.4. The molecule has 0 aliphatic carbocycles. The molecule has 1 aromatic heterocycles. The van der Waals surface area contributed by atoms with Crippen LogP contribution >= 0.6 is 11.3 Å². The van der Waals surface area contributed by atoms with E-state index in [2.05, 4.69) is 22.2 Å². The van der Waals surface area contributed by atoms with E-state index in [1.165, 1.54) is 24.2 Å². The Morgan fingerprint density at radius 2 is 2.47 bits per heavy atom. The van der Waals surface area contributed by atoms with Crippen LogP contribution in [-0.2, 0) is 0 Å². The number of amides is 1. The molecule has 1 aromatic rings. The van der Waals surface area contributed by atoms with Crippen LogP contribution in [-0.4, -0.2) is 42.0 Å². The molecule has 0 bridgehead atoms. The van der Waals surface area contributed by atoms with Gasteiger partial charge in [0, 0.05) is 18.0 Å². The minimum absolute atomic E-state index is 0.0953. The maximum atomic E-state index is 12.0. The molecule has 1 aliphatic rings. The van der Waals surface area contributed by atoms with Crippen molar-refractivity contribution in [1.82, 2.24) is 15.2 Å². The molecule has 5 nitrogen and oxygen atoms in total. The van der Waals surface area contributed by atoms with E-state index in [-0.39, 0.29) is 11.9 Å². The minimum atomic E-state index is -0.115. The fraction of sp³-hybridized carbons (Fsp3) is 0.692. The molecule has 0 saturated carbocycles. The number of likely N-dealkylation sites (tertiary alicyclic amines) is 1. The van der Waals surface area contributed by atoms with Gasteiger partial charge in [0.2, 0.25) is 0 Å². The maximum Gasteiger partial charge on any atom is 0.270 e. The van der Waals surface area contributed by atoms with Gasteiger partial charge in [-0.2, -0.15) is 0 Å². The van der Waals surface area contributed by atoms with Gasteiger partial charge in [-0.05, 0) is 33.4 Å². The summed E-state index contributed by atoms with van der Waals surface area (Å²) in [6, 6.07) is 0.334. The molecular weight excluding hydrogens is 260 g/mol. The number of likely N-dealkylation sites (N-methyl/N-ethyl adjacent to an activating group) is 1. The number of nitrogens with two attached hydrogens (primary N) is 1. The highest BCUT2D eigenvalue weighted by atomic mass is 32.1. The van der Waals surface area contributed by atoms with Crippen LogP contribution in [0.5, 0.6) is 0 Å². The molecule has 2 atom stereocenters. The van der Waals surface area contributed by atoms with Gasteiger partial charge in [0.1, 0.15) is 10.7 Å². The van der Waals surface area contributed by atoms with Crippen LogP contribution in [0.2, 0.25) is 0 Å². The van der Waals surface area contributed by atoms with E-state index in [0.717, 1.165) is 18.0 Å². The molecular formula is C13H22N4OS. The molecule has 0 radical (unpaired) electrons. The second-order valence-corrected chi connectivity index (χ2v) is 6.09. The molecule has 3 N–H and O–H groups in total. The Labute approximate surface area is 118 Å². The lowest BCUT2D eigenvalue weighted by Crippen LogP contribution is -2.44. The van der Waals surface area contributed by atoms with Gasteiger partial charge in [0.25, 0.3) is 5.91 Å². The third kappa shape index (κ3) is 3.75. The number of nitrogens with zero attached hydrogens (tertiary/aromatic N) is 2. The van der Waals surface area contributed by atoms with E-state index in [9.17, 15) is 4.79 Å². The molecule has 1 aliphatic heterocycles. The summed E-state index contributed by atoms with van der Waals surface area (Å²) in [7, 11) is 2.12. The van der Waals surface area contributed by atoms with Crippen LogP contribution in [0.1, 0.15) is 47.7 Å². The molecule has 2 heterocycles. The number of carbonyl (C=O) groups is 1. The number of thiazole rings is 1. The fourth-order valence-electron chi connectivity index (χ4n) is 2.30. The Balaban J connectivity index is 1.86. The van der Waals surface area contributed by atoms with Crippen molar-refractivity contribution >= 4 is 17.2 Å². The van der Waals surface area contributed by atoms with Crippen molar-refractivity contribution < 1.29 is 4.79 Å². The van der Waals surface area contributed by atoms with Gasteiger partial charge in [-0.15, -0.1) is 11.3 Å². The SMILES string of the molecule is CC(N)c1nc(C(=O)NCC2CCCCN2C)cs1. The minimum Gasteiger partial charge on any atom is -0.349 e. The predicted molar refractivity (Wildman–Crippen MR) is 77.3 cm³/mol. The van der Waals surface area contributed by atoms with Crippen molar-refractivity contribution in [2.75, 3.05) is 20.1 Å². The summed E-state index contributed by atoms with van der Waals surface area (Å²) < 4.78 is 0. The Morgan fingerprint density at radius 1 is 1.68 bits per heavy atom. The Kier molecular flexibility index (Phi) is 4.90. The first kappa shape index (κ1) is 14.4. The van der Waals surface area contributed by atoms with Crippen LogP contribution in [0.4, 0.5) is 0 Å². The van der Waals surface area contributed by atoms with Gasteiger partial charge < -0.3 is 16.0 Å². The third-order valence-corrected chi connectivity index (χ3v) is 4.61. The average Bonchev–Trinajstić information content (AvgIpc) is 2.87. The number of nitrogens with one attached hydrogen (secondary N) is 1. The van der Waals surface area contributed by atoms with Crippen LogP contribution in [0, 0.1) is 0 Å². The molecule has 6 heteroatoms. The van der Waals surface area contributed by atoms with Gasteiger partial charge in [0.05, 0.1) is 6.04 Å². The van der Waals surface area contributed by atoms with Gasteiger partial charge in [-0.3, -0.25) is 4.79 Å². The third-order valence-electron chi connectivity index (χ3n) is 3.56. The fourth-order valence-corrected chi connectivity index (χ4v) is 3.06. The van der Waals surface area contributed by atoms with Crippen molar-refractivity contribution in [3.05, 3.63) is 16.1 Å². The molecule has 0 spiro atoms. The number of carbonyl (C=O) groups excluding carboxylic acids is 1. The van der Waals surface area contributed by atoms with Crippen LogP contribution in [0.15, 0.2) is 5.38 Å². The smallest absolute Gasteiger partial charge is 0.270 e. The zero-order valence-electron chi connectivity index (χ0n) is 11.6. The highest BCUT2D eigenvalue weighted by molar-refractivity contribution is 7.09. The number of rotatable bonds is 4. The Bertz CT molecular complexity index is 432. The summed E-state index contributed by atoms with van der Waals surface area (Å²) in [5.74, 6) is -0.0953. The van der Waals surface area contributed by atoms with Crippen LogP contribution in [0.25, 0.3) is 0 Å². The Morgan fingerprint density at radius 3 is 3.11 bits per heavy atom. The van der Waals surface area contributed by atoms with Crippen molar-refractivity contribution in [1.29, 1.82) is 0 Å². The average molecular weight is 282 g/mol. The lowest BCUT2D eigenvalue weighted by Gasteiger charge is -2.32. The van der Waals surface area contributed by atoms with Gasteiger partial charge in [-0.1, -0.05) is 6.42 Å². The maximum absolute atomic E-state index is 12.0. The molecule has 2 unspecified atom stereocenters. The quantitative estimate of drug-likeness (QED) is 0.875. The van der Waals surface area contributed by atoms with E-state index in [1.807, 2.05) is 6.92 Å². The molecule has 1 saturated heterocycles. The second-order valence-electron chi connectivity index (χ2n) is 5.20. The topological polar surface area (TPSA) is 71.2 Å². The Hall–Kier alpha value is -0.980. The summed E-state index contributed by atoms with van der Waals surface area (Å²) in [5, 5.41) is 5.56. The summed E-state index contributed by atoms with van der Waals surface area (Å²) >= 11 is 1.44. The lowest BCUT2D eigenvalue weighted by atomic mass is 10.0. The van der Waals surface area contributed by atoms with Crippen molar-refractivity contribution in [2.24, 2.45) is 5.73 Å².